The van der Waals surface area contributed by atoms with Crippen LogP contribution >= 0.6 is 23.2 Å². The predicted octanol–water partition coefficient (Wildman–Crippen LogP) is 7.85. The lowest BCUT2D eigenvalue weighted by Gasteiger charge is -2.14. The fourth-order valence-corrected chi connectivity index (χ4v) is 4.68. The lowest BCUT2D eigenvalue weighted by Crippen LogP contribution is -2.09. The molecule has 2 N–H and O–H groups in total. The van der Waals surface area contributed by atoms with E-state index in [9.17, 15) is 10.1 Å². The number of nitriles is 2. The maximum absolute atomic E-state index is 12.0. The number of benzene rings is 2. The first-order chi connectivity index (χ1) is 23.9. The number of azo groups is 2. The number of anilines is 1. The monoisotopic (exact) mass is 697 g/mol. The van der Waals surface area contributed by atoms with Gasteiger partial charge in [-0.2, -0.15) is 25.4 Å². The molecular weight excluding hydrogens is 673 g/mol. The molecule has 0 spiro atoms. The number of unbranched alkanes of at least 4 members (excludes halogenated alkanes) is 2. The van der Waals surface area contributed by atoms with Crippen molar-refractivity contribution >= 4 is 57.8 Å². The molecule has 0 saturated carbocycles. The second kappa shape index (κ2) is 16.6. The Kier molecular flexibility index (Phi) is 11.5. The first kappa shape index (κ1) is 34.1. The fourth-order valence-electron chi connectivity index (χ4n) is 4.19. The van der Waals surface area contributed by atoms with Crippen LogP contribution in [0.4, 0.5) is 28.7 Å². The quantitative estimate of drug-likeness (QED) is 0.0851. The van der Waals surface area contributed by atoms with Crippen molar-refractivity contribution < 1.29 is 14.3 Å². The molecule has 0 saturated heterocycles. The molecule has 0 fully saturated rings. The molecule has 0 bridgehead atoms. The number of aromatic amines is 1. The van der Waals surface area contributed by atoms with Gasteiger partial charge in [-0.1, -0.05) is 23.2 Å². The number of nitrogens with zero attached hydrogens (tertiary/aromatic N) is 11. The third-order valence-electron chi connectivity index (χ3n) is 6.42. The van der Waals surface area contributed by atoms with Crippen molar-refractivity contribution in [3.63, 3.8) is 0 Å². The summed E-state index contributed by atoms with van der Waals surface area (Å²) in [6, 6.07) is 13.7. The number of hydrogen-bond acceptors (Lipinski definition) is 13. The number of carbonyl (C=O) groups excluding carboxylic acids is 1. The van der Waals surface area contributed by atoms with Crippen LogP contribution in [0.2, 0.25) is 10.0 Å². The van der Waals surface area contributed by atoms with E-state index in [2.05, 4.69) is 51.0 Å². The fraction of sp³-hybridized carbons (Fsp3) is 0.194. The summed E-state index contributed by atoms with van der Waals surface area (Å²) in [5.74, 6) is 1.05. The van der Waals surface area contributed by atoms with Gasteiger partial charge < -0.3 is 14.8 Å². The van der Waals surface area contributed by atoms with Crippen LogP contribution in [0.1, 0.15) is 37.3 Å². The van der Waals surface area contributed by atoms with E-state index in [0.29, 0.717) is 47.5 Å². The van der Waals surface area contributed by atoms with E-state index in [1.54, 1.807) is 30.3 Å². The molecule has 16 nitrogen and oxygen atoms in total. The minimum absolute atomic E-state index is 0.123. The molecule has 1 amide bonds. The highest BCUT2D eigenvalue weighted by Crippen LogP contribution is 2.38. The zero-order valence-electron chi connectivity index (χ0n) is 25.7. The van der Waals surface area contributed by atoms with Gasteiger partial charge in [0.15, 0.2) is 17.4 Å². The number of nitrogens with one attached hydrogen (secondary N) is 2. The summed E-state index contributed by atoms with van der Waals surface area (Å²) in [6.07, 6.45) is 7.94. The third-order valence-corrected chi connectivity index (χ3v) is 6.99. The summed E-state index contributed by atoms with van der Waals surface area (Å²) in [6.45, 7) is 2.10. The minimum atomic E-state index is -0.334. The van der Waals surface area contributed by atoms with Crippen molar-refractivity contribution in [3.05, 3.63) is 82.4 Å². The Morgan fingerprint density at radius 2 is 1.65 bits per heavy atom. The summed E-state index contributed by atoms with van der Waals surface area (Å²) in [4.78, 5) is 20.2. The number of halogens is 2. The van der Waals surface area contributed by atoms with Gasteiger partial charge in [-0.15, -0.1) is 20.5 Å². The van der Waals surface area contributed by atoms with Crippen molar-refractivity contribution in [2.24, 2.45) is 20.5 Å². The lowest BCUT2D eigenvalue weighted by molar-refractivity contribution is -0.114. The maximum atomic E-state index is 12.0. The van der Waals surface area contributed by atoms with Gasteiger partial charge in [0.05, 0.1) is 52.7 Å². The Labute approximate surface area is 289 Å². The van der Waals surface area contributed by atoms with Crippen molar-refractivity contribution in [2.75, 3.05) is 18.5 Å². The van der Waals surface area contributed by atoms with Gasteiger partial charge in [0.25, 0.3) is 5.95 Å². The molecule has 5 aromatic rings. The lowest BCUT2D eigenvalue weighted by atomic mass is 10.2. The smallest absolute Gasteiger partial charge is 0.252 e. The number of ether oxygens (including phenoxy) is 2. The summed E-state index contributed by atoms with van der Waals surface area (Å²) < 4.78 is 13.1. The van der Waals surface area contributed by atoms with Gasteiger partial charge in [-0.05, 0) is 55.7 Å². The van der Waals surface area contributed by atoms with Crippen LogP contribution in [0.3, 0.4) is 0 Å². The molecule has 3 aromatic heterocycles. The maximum Gasteiger partial charge on any atom is 0.252 e. The Morgan fingerprint density at radius 1 is 0.918 bits per heavy atom. The van der Waals surface area contributed by atoms with Crippen LogP contribution in [-0.2, 0) is 4.79 Å². The molecule has 3 heterocycles. The number of amides is 1. The number of rotatable bonds is 14. The van der Waals surface area contributed by atoms with Crippen molar-refractivity contribution in [2.45, 2.75) is 26.2 Å². The second-order valence-corrected chi connectivity index (χ2v) is 10.8. The predicted molar refractivity (Wildman–Crippen MR) is 178 cm³/mol. The molecule has 2 aromatic carbocycles. The first-order valence-electron chi connectivity index (χ1n) is 14.5. The van der Waals surface area contributed by atoms with Gasteiger partial charge in [-0.3, -0.25) is 9.89 Å². The zero-order chi connectivity index (χ0) is 34.6. The summed E-state index contributed by atoms with van der Waals surface area (Å²) in [7, 11) is 0. The standard InChI is InChI=1S/C31H25Cl2N13O3/c1-19(47)40-26-14-23(42-45-30-21(16-35)18-39-46(30)31-36-8-5-9-37-31)13-25(33)28(26)49-11-4-2-3-10-48-27-7-6-22(12-24(27)32)41-44-29-20(15-34)17-38-43-29/h5-9,12-14,17-18H,2-4,10-11H2,1H3,(H,38,43)(H,40,47). The van der Waals surface area contributed by atoms with Gasteiger partial charge in [0.1, 0.15) is 29.0 Å². The number of aromatic nitrogens is 6. The number of H-pyrrole nitrogens is 1. The molecule has 0 aliphatic heterocycles. The molecule has 0 radical (unpaired) electrons. The number of hydrogen-bond donors (Lipinski definition) is 2. The molecular formula is C31H25Cl2N13O3. The summed E-state index contributed by atoms with van der Waals surface area (Å²) >= 11 is 12.9. The topological polar surface area (TPSA) is 217 Å². The normalized spacial score (nSPS) is 11.0. The van der Waals surface area contributed by atoms with Crippen molar-refractivity contribution in [1.29, 1.82) is 10.5 Å². The van der Waals surface area contributed by atoms with Gasteiger partial charge in [-0.25, -0.2) is 9.97 Å². The van der Waals surface area contributed by atoms with E-state index in [1.807, 2.05) is 12.1 Å². The van der Waals surface area contributed by atoms with Gasteiger partial charge in [0, 0.05) is 19.3 Å². The molecule has 246 valence electrons. The van der Waals surface area contributed by atoms with Crippen LogP contribution in [0.5, 0.6) is 11.5 Å². The highest BCUT2D eigenvalue weighted by atomic mass is 35.5. The SMILES string of the molecule is CC(=O)Nc1cc(N=Nc2c(C#N)cnn2-c2ncccn2)cc(Cl)c1OCCCCCOc1ccc(N=Nc2[nH]ncc2C#N)cc1Cl. The van der Waals surface area contributed by atoms with Crippen LogP contribution in [0.15, 0.2) is 81.6 Å². The average molecular weight is 699 g/mol. The van der Waals surface area contributed by atoms with Crippen LogP contribution in [-0.4, -0.2) is 49.1 Å². The van der Waals surface area contributed by atoms with Crippen LogP contribution in [0, 0.1) is 22.7 Å². The first-order valence-corrected chi connectivity index (χ1v) is 15.3. The molecule has 0 unspecified atom stereocenters. The van der Waals surface area contributed by atoms with E-state index >= 15 is 0 Å². The largest absolute Gasteiger partial charge is 0.492 e. The van der Waals surface area contributed by atoms with Crippen molar-refractivity contribution in [3.8, 4) is 29.6 Å². The van der Waals surface area contributed by atoms with E-state index in [4.69, 9.17) is 37.9 Å². The van der Waals surface area contributed by atoms with E-state index in [1.165, 1.54) is 42.5 Å². The van der Waals surface area contributed by atoms with Crippen molar-refractivity contribution in [1.82, 2.24) is 29.9 Å². The van der Waals surface area contributed by atoms with E-state index < -0.39 is 0 Å². The van der Waals surface area contributed by atoms with E-state index in [0.717, 1.165) is 12.8 Å². The minimum Gasteiger partial charge on any atom is -0.492 e. The molecule has 49 heavy (non-hydrogen) atoms. The molecule has 18 heteroatoms. The van der Waals surface area contributed by atoms with E-state index in [-0.39, 0.29) is 45.4 Å². The second-order valence-electron chi connectivity index (χ2n) is 9.96. The Bertz CT molecular complexity index is 2080. The third kappa shape index (κ3) is 8.98. The highest BCUT2D eigenvalue weighted by Gasteiger charge is 2.16. The Balaban J connectivity index is 1.14. The highest BCUT2D eigenvalue weighted by molar-refractivity contribution is 6.33. The molecule has 0 aliphatic carbocycles. The Hall–Kier alpha value is -6.23. The molecule has 5 rings (SSSR count). The molecule has 0 atom stereocenters. The molecule has 0 aliphatic rings. The van der Waals surface area contributed by atoms with Gasteiger partial charge >= 0.3 is 0 Å². The Morgan fingerprint density at radius 3 is 2.39 bits per heavy atom. The summed E-state index contributed by atoms with van der Waals surface area (Å²) in [5, 5.41) is 48.8. The zero-order valence-corrected chi connectivity index (χ0v) is 27.2. The van der Waals surface area contributed by atoms with Crippen LogP contribution < -0.4 is 14.8 Å². The average Bonchev–Trinajstić information content (AvgIpc) is 3.74. The van der Waals surface area contributed by atoms with Crippen LogP contribution in [0.25, 0.3) is 5.95 Å². The van der Waals surface area contributed by atoms with Gasteiger partial charge in [0.2, 0.25) is 5.91 Å². The summed E-state index contributed by atoms with van der Waals surface area (Å²) in [5.41, 5.74) is 1.54. The number of carbonyl (C=O) groups is 1.